The lowest BCUT2D eigenvalue weighted by molar-refractivity contribution is -0.125. The summed E-state index contributed by atoms with van der Waals surface area (Å²) in [6.07, 6.45) is 4.03. The van der Waals surface area contributed by atoms with E-state index in [-0.39, 0.29) is 11.8 Å². The predicted molar refractivity (Wildman–Crippen MR) is 94.7 cm³/mol. The molecule has 0 bridgehead atoms. The lowest BCUT2D eigenvalue weighted by Crippen LogP contribution is -2.41. The highest BCUT2D eigenvalue weighted by molar-refractivity contribution is 5.79. The Morgan fingerprint density at radius 1 is 1.08 bits per heavy atom. The van der Waals surface area contributed by atoms with Gasteiger partial charge in [0.2, 0.25) is 5.91 Å². The standard InChI is InChI=1S/C18H24N6O/c1-12-11-13(2)24(22-12)17-6-5-16(20-21-17)23-9-7-14(8-10-23)18(25)19-15-3-4-15/h5-6,11,14-15H,3-4,7-10H2,1-2H3,(H,19,25). The zero-order valence-corrected chi connectivity index (χ0v) is 14.8. The number of rotatable bonds is 4. The molecule has 0 unspecified atom stereocenters. The molecule has 1 saturated heterocycles. The minimum absolute atomic E-state index is 0.138. The van der Waals surface area contributed by atoms with Crippen molar-refractivity contribution >= 4 is 11.7 Å². The number of anilines is 1. The second kappa shape index (κ2) is 6.46. The molecule has 0 radical (unpaired) electrons. The van der Waals surface area contributed by atoms with Crippen LogP contribution in [0.1, 0.15) is 37.1 Å². The van der Waals surface area contributed by atoms with Gasteiger partial charge < -0.3 is 10.2 Å². The maximum Gasteiger partial charge on any atom is 0.223 e. The highest BCUT2D eigenvalue weighted by Crippen LogP contribution is 2.24. The molecular weight excluding hydrogens is 316 g/mol. The van der Waals surface area contributed by atoms with E-state index >= 15 is 0 Å². The van der Waals surface area contributed by atoms with Gasteiger partial charge in [-0.1, -0.05) is 0 Å². The van der Waals surface area contributed by atoms with Crippen molar-refractivity contribution in [3.8, 4) is 5.82 Å². The minimum Gasteiger partial charge on any atom is -0.355 e. The maximum absolute atomic E-state index is 12.2. The summed E-state index contributed by atoms with van der Waals surface area (Å²) in [5.41, 5.74) is 2.01. The third-order valence-corrected chi connectivity index (χ3v) is 4.98. The second-order valence-corrected chi connectivity index (χ2v) is 7.13. The zero-order valence-electron chi connectivity index (χ0n) is 14.8. The number of nitrogens with one attached hydrogen (secondary N) is 1. The molecule has 2 aromatic heterocycles. The first-order valence-corrected chi connectivity index (χ1v) is 9.03. The highest BCUT2D eigenvalue weighted by Gasteiger charge is 2.30. The molecule has 1 N–H and O–H groups in total. The summed E-state index contributed by atoms with van der Waals surface area (Å²) in [5, 5.41) is 16.3. The zero-order chi connectivity index (χ0) is 17.4. The first-order chi connectivity index (χ1) is 12.1. The van der Waals surface area contributed by atoms with E-state index in [2.05, 4.69) is 25.5 Å². The van der Waals surface area contributed by atoms with Gasteiger partial charge in [0.05, 0.1) is 5.69 Å². The smallest absolute Gasteiger partial charge is 0.223 e. The Morgan fingerprint density at radius 3 is 2.32 bits per heavy atom. The van der Waals surface area contributed by atoms with Crippen molar-refractivity contribution in [1.82, 2.24) is 25.3 Å². The van der Waals surface area contributed by atoms with Gasteiger partial charge in [0.25, 0.3) is 0 Å². The number of aromatic nitrogens is 4. The largest absolute Gasteiger partial charge is 0.355 e. The summed E-state index contributed by atoms with van der Waals surface area (Å²) in [5.74, 6) is 1.96. The second-order valence-electron chi connectivity index (χ2n) is 7.13. The highest BCUT2D eigenvalue weighted by atomic mass is 16.2. The van der Waals surface area contributed by atoms with Crippen LogP contribution >= 0.6 is 0 Å². The fraction of sp³-hybridized carbons (Fsp3) is 0.556. The molecule has 2 fully saturated rings. The Hall–Kier alpha value is -2.44. The van der Waals surface area contributed by atoms with Gasteiger partial charge in [0.1, 0.15) is 0 Å². The molecule has 1 amide bonds. The Labute approximate surface area is 147 Å². The van der Waals surface area contributed by atoms with Gasteiger partial charge in [-0.25, -0.2) is 4.68 Å². The number of aryl methyl sites for hydroxylation is 2. The number of carbonyl (C=O) groups excluding carboxylic acids is 1. The number of hydrogen-bond donors (Lipinski definition) is 1. The normalized spacial score (nSPS) is 18.4. The van der Waals surface area contributed by atoms with Crippen LogP contribution in [0.2, 0.25) is 0 Å². The van der Waals surface area contributed by atoms with Crippen molar-refractivity contribution in [2.75, 3.05) is 18.0 Å². The van der Waals surface area contributed by atoms with Crippen molar-refractivity contribution < 1.29 is 4.79 Å². The van der Waals surface area contributed by atoms with Crippen LogP contribution in [0.3, 0.4) is 0 Å². The van der Waals surface area contributed by atoms with Crippen LogP contribution in [0.15, 0.2) is 18.2 Å². The van der Waals surface area contributed by atoms with Crippen molar-refractivity contribution in [3.63, 3.8) is 0 Å². The average molecular weight is 340 g/mol. The molecule has 1 aliphatic carbocycles. The van der Waals surface area contributed by atoms with E-state index in [1.807, 2.05) is 32.0 Å². The van der Waals surface area contributed by atoms with E-state index in [4.69, 9.17) is 0 Å². The first kappa shape index (κ1) is 16.1. The van der Waals surface area contributed by atoms with Crippen LogP contribution in [-0.4, -0.2) is 45.0 Å². The van der Waals surface area contributed by atoms with E-state index in [1.54, 1.807) is 4.68 Å². The van der Waals surface area contributed by atoms with Crippen LogP contribution in [0, 0.1) is 19.8 Å². The molecule has 1 saturated carbocycles. The number of hydrogen-bond acceptors (Lipinski definition) is 5. The van der Waals surface area contributed by atoms with E-state index in [9.17, 15) is 4.79 Å². The molecular formula is C18H24N6O. The lowest BCUT2D eigenvalue weighted by Gasteiger charge is -2.31. The van der Waals surface area contributed by atoms with Crippen LogP contribution < -0.4 is 10.2 Å². The minimum atomic E-state index is 0.138. The van der Waals surface area contributed by atoms with Crippen molar-refractivity contribution in [2.45, 2.75) is 45.6 Å². The predicted octanol–water partition coefficient (Wildman–Crippen LogP) is 1.77. The van der Waals surface area contributed by atoms with Crippen molar-refractivity contribution in [3.05, 3.63) is 29.6 Å². The van der Waals surface area contributed by atoms with Crippen molar-refractivity contribution in [1.29, 1.82) is 0 Å². The van der Waals surface area contributed by atoms with Gasteiger partial charge in [0, 0.05) is 30.7 Å². The molecule has 1 aliphatic heterocycles. The average Bonchev–Trinajstić information content (AvgIpc) is 3.37. The number of nitrogens with zero attached hydrogens (tertiary/aromatic N) is 5. The lowest BCUT2D eigenvalue weighted by atomic mass is 9.96. The quantitative estimate of drug-likeness (QED) is 0.918. The van der Waals surface area contributed by atoms with E-state index in [0.29, 0.717) is 6.04 Å². The molecule has 0 atom stereocenters. The third kappa shape index (κ3) is 3.50. The molecule has 132 valence electrons. The summed E-state index contributed by atoms with van der Waals surface area (Å²) in [6, 6.07) is 6.41. The molecule has 2 aliphatic rings. The summed E-state index contributed by atoms with van der Waals surface area (Å²) in [6.45, 7) is 5.66. The molecule has 7 heteroatoms. The molecule has 3 heterocycles. The van der Waals surface area contributed by atoms with Crippen LogP contribution in [0.25, 0.3) is 5.82 Å². The van der Waals surface area contributed by atoms with Gasteiger partial charge >= 0.3 is 0 Å². The summed E-state index contributed by atoms with van der Waals surface area (Å²) >= 11 is 0. The van der Waals surface area contributed by atoms with Crippen LogP contribution in [-0.2, 0) is 4.79 Å². The van der Waals surface area contributed by atoms with Crippen LogP contribution in [0.4, 0.5) is 5.82 Å². The van der Waals surface area contributed by atoms with Gasteiger partial charge in [0.15, 0.2) is 11.6 Å². The fourth-order valence-electron chi connectivity index (χ4n) is 3.38. The summed E-state index contributed by atoms with van der Waals surface area (Å²) < 4.78 is 1.81. The van der Waals surface area contributed by atoms with Gasteiger partial charge in [-0.2, -0.15) is 5.10 Å². The number of amides is 1. The van der Waals surface area contributed by atoms with E-state index < -0.39 is 0 Å². The van der Waals surface area contributed by atoms with Gasteiger partial charge in [-0.3, -0.25) is 4.79 Å². The van der Waals surface area contributed by atoms with E-state index in [0.717, 1.165) is 61.8 Å². The number of carbonyl (C=O) groups is 1. The third-order valence-electron chi connectivity index (χ3n) is 4.98. The Bertz CT molecular complexity index is 756. The SMILES string of the molecule is Cc1cc(C)n(-c2ccc(N3CCC(C(=O)NC4CC4)CC3)nn2)n1. The first-order valence-electron chi connectivity index (χ1n) is 9.03. The molecule has 7 nitrogen and oxygen atoms in total. The maximum atomic E-state index is 12.2. The molecule has 25 heavy (non-hydrogen) atoms. The Morgan fingerprint density at radius 2 is 1.76 bits per heavy atom. The molecule has 0 aromatic carbocycles. The summed E-state index contributed by atoms with van der Waals surface area (Å²) in [7, 11) is 0. The summed E-state index contributed by atoms with van der Waals surface area (Å²) in [4.78, 5) is 14.4. The molecule has 0 spiro atoms. The topological polar surface area (TPSA) is 75.9 Å². The van der Waals surface area contributed by atoms with Crippen LogP contribution in [0.5, 0.6) is 0 Å². The molecule has 2 aromatic rings. The molecule has 4 rings (SSSR count). The van der Waals surface area contributed by atoms with Crippen molar-refractivity contribution in [2.24, 2.45) is 5.92 Å². The van der Waals surface area contributed by atoms with E-state index in [1.165, 1.54) is 0 Å². The monoisotopic (exact) mass is 340 g/mol. The Kier molecular flexibility index (Phi) is 4.15. The van der Waals surface area contributed by atoms with Gasteiger partial charge in [-0.05, 0) is 57.7 Å². The fourth-order valence-corrected chi connectivity index (χ4v) is 3.38. The number of piperidine rings is 1. The Balaban J connectivity index is 1.38. The van der Waals surface area contributed by atoms with Gasteiger partial charge in [-0.15, -0.1) is 10.2 Å².